The van der Waals surface area contributed by atoms with E-state index in [1.807, 2.05) is 134 Å². The van der Waals surface area contributed by atoms with Gasteiger partial charge in [-0.15, -0.1) is 35.7 Å². The predicted molar refractivity (Wildman–Crippen MR) is 217 cm³/mol. The summed E-state index contributed by atoms with van der Waals surface area (Å²) in [6.45, 7) is 8.16. The number of aryl methyl sites for hydroxylation is 3. The summed E-state index contributed by atoms with van der Waals surface area (Å²) in [5.74, 6) is 4.74. The first-order valence-electron chi connectivity index (χ1n) is 18.2. The van der Waals surface area contributed by atoms with Crippen molar-refractivity contribution in [3.63, 3.8) is 0 Å². The standard InChI is InChI=1S/C48H36N4O3.Pt/c1-31-24-25-49-46(28-31)51-42-21-12-11-20-40(42)41-23-22-39(30-43(41)51)53-38-19-13-14-35(29-38)52-34(4)47(33(3)50-52)48-44(54-36-15-7-5-8-16-36)26-32(2)27-45(48)55-37-17-9-6-10-18-37;/h5-28H,1-4H3;/q-2;+2. The van der Waals surface area contributed by atoms with Gasteiger partial charge in [-0.1, -0.05) is 60.1 Å². The van der Waals surface area contributed by atoms with E-state index in [0.29, 0.717) is 23.0 Å². The molecule has 56 heavy (non-hydrogen) atoms. The van der Waals surface area contributed by atoms with Gasteiger partial charge in [0.25, 0.3) is 0 Å². The molecule has 0 aliphatic carbocycles. The number of nitrogens with zero attached hydrogens (tertiary/aromatic N) is 4. The fourth-order valence-corrected chi connectivity index (χ4v) is 7.15. The van der Waals surface area contributed by atoms with Gasteiger partial charge in [-0.2, -0.15) is 17.2 Å². The summed E-state index contributed by atoms with van der Waals surface area (Å²) in [7, 11) is 0. The first-order chi connectivity index (χ1) is 26.9. The maximum atomic E-state index is 6.57. The van der Waals surface area contributed by atoms with Crippen LogP contribution in [0.2, 0.25) is 0 Å². The molecular formula is C48H36N4O3Pt. The Labute approximate surface area is 340 Å². The van der Waals surface area contributed by atoms with Crippen molar-refractivity contribution in [3.8, 4) is 57.1 Å². The van der Waals surface area contributed by atoms with Crippen LogP contribution in [0.15, 0.2) is 146 Å². The van der Waals surface area contributed by atoms with Crippen LogP contribution in [-0.4, -0.2) is 19.3 Å². The van der Waals surface area contributed by atoms with Crippen LogP contribution >= 0.6 is 0 Å². The van der Waals surface area contributed by atoms with E-state index < -0.39 is 0 Å². The average Bonchev–Trinajstić information content (AvgIpc) is 3.68. The summed E-state index contributed by atoms with van der Waals surface area (Å²) in [4.78, 5) is 4.71. The van der Waals surface area contributed by atoms with Crippen molar-refractivity contribution in [1.82, 2.24) is 19.3 Å². The third-order valence-corrected chi connectivity index (χ3v) is 9.58. The number of aromatic nitrogens is 4. The molecule has 0 N–H and O–H groups in total. The van der Waals surface area contributed by atoms with Crippen LogP contribution in [0.4, 0.5) is 0 Å². The molecule has 0 fully saturated rings. The molecule has 0 bridgehead atoms. The first kappa shape index (κ1) is 36.5. The van der Waals surface area contributed by atoms with Crippen molar-refractivity contribution >= 4 is 21.8 Å². The molecule has 276 valence electrons. The molecule has 0 atom stereocenters. The van der Waals surface area contributed by atoms with Gasteiger partial charge in [-0.3, -0.25) is 4.68 Å². The monoisotopic (exact) mass is 911 g/mol. The van der Waals surface area contributed by atoms with Crippen molar-refractivity contribution in [3.05, 3.63) is 180 Å². The Kier molecular flexibility index (Phi) is 10.0. The molecule has 0 unspecified atom stereocenters. The van der Waals surface area contributed by atoms with Gasteiger partial charge in [0.2, 0.25) is 0 Å². The van der Waals surface area contributed by atoms with E-state index in [1.165, 1.54) is 0 Å². The Morgan fingerprint density at radius 1 is 0.554 bits per heavy atom. The number of fused-ring (bicyclic) bond motifs is 3. The van der Waals surface area contributed by atoms with Crippen LogP contribution in [0, 0.1) is 39.8 Å². The Balaban J connectivity index is 0.00000441. The first-order valence-corrected chi connectivity index (χ1v) is 18.2. The van der Waals surface area contributed by atoms with E-state index in [1.54, 1.807) is 0 Å². The number of hydrogen-bond acceptors (Lipinski definition) is 5. The van der Waals surface area contributed by atoms with Gasteiger partial charge < -0.3 is 18.8 Å². The largest absolute Gasteiger partial charge is 2.00 e. The zero-order valence-electron chi connectivity index (χ0n) is 31.2. The van der Waals surface area contributed by atoms with E-state index >= 15 is 0 Å². The van der Waals surface area contributed by atoms with E-state index in [0.717, 1.165) is 78.5 Å². The number of para-hydroxylation sites is 3. The number of ether oxygens (including phenoxy) is 3. The Morgan fingerprint density at radius 2 is 1.21 bits per heavy atom. The van der Waals surface area contributed by atoms with Crippen LogP contribution in [-0.2, 0) is 21.1 Å². The van der Waals surface area contributed by atoms with Crippen molar-refractivity contribution in [2.45, 2.75) is 27.7 Å². The molecule has 9 aromatic rings. The maximum Gasteiger partial charge on any atom is 2.00 e. The molecule has 0 radical (unpaired) electrons. The molecule has 0 aliphatic rings. The molecule has 3 heterocycles. The van der Waals surface area contributed by atoms with Crippen LogP contribution < -0.4 is 14.2 Å². The predicted octanol–water partition coefficient (Wildman–Crippen LogP) is 12.2. The molecule has 7 nitrogen and oxygen atoms in total. The van der Waals surface area contributed by atoms with Gasteiger partial charge in [0.1, 0.15) is 28.8 Å². The van der Waals surface area contributed by atoms with Gasteiger partial charge >= 0.3 is 21.1 Å². The third kappa shape index (κ3) is 6.98. The second kappa shape index (κ2) is 15.4. The van der Waals surface area contributed by atoms with Crippen molar-refractivity contribution in [2.24, 2.45) is 0 Å². The van der Waals surface area contributed by atoms with Crippen molar-refractivity contribution in [2.75, 3.05) is 0 Å². The normalized spacial score (nSPS) is 11.1. The minimum atomic E-state index is 0. The molecule has 8 heteroatoms. The molecule has 9 rings (SSSR count). The number of hydrogen-bond donors (Lipinski definition) is 0. The molecule has 0 saturated carbocycles. The summed E-state index contributed by atoms with van der Waals surface area (Å²) in [5.41, 5.74) is 8.24. The molecule has 0 amide bonds. The minimum absolute atomic E-state index is 0. The summed E-state index contributed by atoms with van der Waals surface area (Å²) >= 11 is 0. The average molecular weight is 912 g/mol. The van der Waals surface area contributed by atoms with Gasteiger partial charge in [0, 0.05) is 34.5 Å². The minimum Gasteiger partial charge on any atom is -0.509 e. The molecule has 0 spiro atoms. The number of benzene rings is 6. The van der Waals surface area contributed by atoms with Crippen LogP contribution in [0.5, 0.6) is 34.5 Å². The zero-order valence-corrected chi connectivity index (χ0v) is 33.5. The number of pyridine rings is 1. The van der Waals surface area contributed by atoms with Gasteiger partial charge in [0.05, 0.1) is 11.3 Å². The second-order valence-electron chi connectivity index (χ2n) is 13.6. The molecule has 3 aromatic heterocycles. The van der Waals surface area contributed by atoms with Gasteiger partial charge in [-0.05, 0) is 104 Å². The summed E-state index contributed by atoms with van der Waals surface area (Å²) in [6.07, 6.45) is 1.84. The third-order valence-electron chi connectivity index (χ3n) is 9.58. The Morgan fingerprint density at radius 3 is 1.91 bits per heavy atom. The van der Waals surface area contributed by atoms with Crippen molar-refractivity contribution < 1.29 is 35.3 Å². The topological polar surface area (TPSA) is 63.3 Å². The van der Waals surface area contributed by atoms with E-state index in [4.69, 9.17) is 24.3 Å². The zero-order chi connectivity index (χ0) is 37.5. The summed E-state index contributed by atoms with van der Waals surface area (Å²) in [6, 6.07) is 52.9. The van der Waals surface area contributed by atoms with Crippen LogP contribution in [0.3, 0.4) is 0 Å². The maximum absolute atomic E-state index is 6.57. The van der Waals surface area contributed by atoms with Gasteiger partial charge in [0.15, 0.2) is 0 Å². The van der Waals surface area contributed by atoms with Crippen LogP contribution in [0.25, 0.3) is 44.4 Å². The molecule has 0 saturated heterocycles. The van der Waals surface area contributed by atoms with E-state index in [9.17, 15) is 0 Å². The summed E-state index contributed by atoms with van der Waals surface area (Å²) in [5, 5.41) is 7.24. The molecule has 6 aromatic carbocycles. The number of rotatable bonds is 9. The smallest absolute Gasteiger partial charge is 0.509 e. The Bertz CT molecular complexity index is 2780. The molecule has 0 aliphatic heterocycles. The molecular weight excluding hydrogens is 876 g/mol. The Hall–Kier alpha value is -6.43. The quantitative estimate of drug-likeness (QED) is 0.135. The van der Waals surface area contributed by atoms with Gasteiger partial charge in [-0.25, -0.2) is 4.98 Å². The van der Waals surface area contributed by atoms with E-state index in [2.05, 4.69) is 60.9 Å². The fraction of sp³-hybridized carbons (Fsp3) is 0.0833. The van der Waals surface area contributed by atoms with E-state index in [-0.39, 0.29) is 21.1 Å². The second-order valence-corrected chi connectivity index (χ2v) is 13.6. The van der Waals surface area contributed by atoms with Crippen molar-refractivity contribution in [1.29, 1.82) is 0 Å². The SMILES string of the molecule is Cc1ccnc(-n2c3[c-]c(Oc4[c-]c(-n5nc(C)c(-c6c(Oc7ccccc7)cc(C)cc6Oc6ccccc6)c5C)ccc4)ccc3c3ccccc32)c1.[Pt+2]. The van der Waals surface area contributed by atoms with Crippen LogP contribution in [0.1, 0.15) is 22.5 Å². The fourth-order valence-electron chi connectivity index (χ4n) is 7.15. The summed E-state index contributed by atoms with van der Waals surface area (Å²) < 4.78 is 23.7.